The van der Waals surface area contributed by atoms with Gasteiger partial charge >= 0.3 is 0 Å². The van der Waals surface area contributed by atoms with E-state index < -0.39 is 0 Å². The summed E-state index contributed by atoms with van der Waals surface area (Å²) in [5, 5.41) is 9.01. The molecule has 0 aliphatic heterocycles. The Labute approximate surface area is 97.0 Å². The SMILES string of the molecule is COc1ccc(CCO)c(OC)c1C(C)C. The van der Waals surface area contributed by atoms with Crippen LogP contribution in [0.3, 0.4) is 0 Å². The zero-order valence-corrected chi connectivity index (χ0v) is 10.4. The van der Waals surface area contributed by atoms with Crippen LogP contribution in [0.5, 0.6) is 11.5 Å². The Balaban J connectivity index is 3.31. The molecule has 90 valence electrons. The topological polar surface area (TPSA) is 38.7 Å². The van der Waals surface area contributed by atoms with Crippen LogP contribution in [0.4, 0.5) is 0 Å². The van der Waals surface area contributed by atoms with Gasteiger partial charge in [0.15, 0.2) is 0 Å². The van der Waals surface area contributed by atoms with Gasteiger partial charge in [-0.15, -0.1) is 0 Å². The van der Waals surface area contributed by atoms with E-state index in [-0.39, 0.29) is 6.61 Å². The number of aliphatic hydroxyl groups excluding tert-OH is 1. The van der Waals surface area contributed by atoms with Crippen LogP contribution < -0.4 is 9.47 Å². The fraction of sp³-hybridized carbons (Fsp3) is 0.538. The third kappa shape index (κ3) is 2.47. The Bertz CT molecular complexity index is 345. The van der Waals surface area contributed by atoms with Gasteiger partial charge in [0.25, 0.3) is 0 Å². The zero-order valence-electron chi connectivity index (χ0n) is 10.4. The van der Waals surface area contributed by atoms with Crippen molar-refractivity contribution in [1.82, 2.24) is 0 Å². The summed E-state index contributed by atoms with van der Waals surface area (Å²) in [5.41, 5.74) is 2.09. The lowest BCUT2D eigenvalue weighted by molar-refractivity contribution is 0.296. The fourth-order valence-corrected chi connectivity index (χ4v) is 1.91. The van der Waals surface area contributed by atoms with E-state index >= 15 is 0 Å². The van der Waals surface area contributed by atoms with E-state index in [2.05, 4.69) is 13.8 Å². The van der Waals surface area contributed by atoms with Crippen molar-refractivity contribution >= 4 is 0 Å². The van der Waals surface area contributed by atoms with Gasteiger partial charge < -0.3 is 14.6 Å². The summed E-state index contributed by atoms with van der Waals surface area (Å²) in [6.07, 6.45) is 0.604. The number of ether oxygens (including phenoxy) is 2. The maximum Gasteiger partial charge on any atom is 0.129 e. The second-order valence-corrected chi connectivity index (χ2v) is 4.00. The van der Waals surface area contributed by atoms with Gasteiger partial charge in [-0.2, -0.15) is 0 Å². The number of rotatable bonds is 5. The predicted octanol–water partition coefficient (Wildman–Crippen LogP) is 2.36. The van der Waals surface area contributed by atoms with Crippen molar-refractivity contribution < 1.29 is 14.6 Å². The molecule has 0 heterocycles. The Morgan fingerprint density at radius 1 is 1.19 bits per heavy atom. The van der Waals surface area contributed by atoms with Crippen LogP contribution in [-0.2, 0) is 6.42 Å². The van der Waals surface area contributed by atoms with E-state index in [0.29, 0.717) is 12.3 Å². The first-order valence-corrected chi connectivity index (χ1v) is 5.50. The van der Waals surface area contributed by atoms with Crippen molar-refractivity contribution in [3.05, 3.63) is 23.3 Å². The molecule has 0 aromatic heterocycles. The van der Waals surface area contributed by atoms with Gasteiger partial charge in [0.2, 0.25) is 0 Å². The van der Waals surface area contributed by atoms with Crippen LogP contribution in [0.15, 0.2) is 12.1 Å². The molecule has 0 unspecified atom stereocenters. The second-order valence-electron chi connectivity index (χ2n) is 4.00. The summed E-state index contributed by atoms with van der Waals surface area (Å²) in [6, 6.07) is 3.88. The molecular formula is C13H20O3. The van der Waals surface area contributed by atoms with Crippen LogP contribution in [0.25, 0.3) is 0 Å². The van der Waals surface area contributed by atoms with Crippen molar-refractivity contribution in [3.63, 3.8) is 0 Å². The van der Waals surface area contributed by atoms with E-state index in [1.54, 1.807) is 14.2 Å². The molecule has 0 fully saturated rings. The van der Waals surface area contributed by atoms with E-state index in [4.69, 9.17) is 14.6 Å². The molecule has 0 amide bonds. The molecule has 3 nitrogen and oxygen atoms in total. The Morgan fingerprint density at radius 2 is 1.88 bits per heavy atom. The first-order chi connectivity index (χ1) is 7.65. The van der Waals surface area contributed by atoms with E-state index in [1.165, 1.54) is 0 Å². The zero-order chi connectivity index (χ0) is 12.1. The van der Waals surface area contributed by atoms with Gasteiger partial charge in [0, 0.05) is 12.2 Å². The summed E-state index contributed by atoms with van der Waals surface area (Å²) in [7, 11) is 3.31. The molecule has 1 aromatic carbocycles. The maximum absolute atomic E-state index is 9.01. The van der Waals surface area contributed by atoms with Gasteiger partial charge in [-0.05, 0) is 24.0 Å². The van der Waals surface area contributed by atoms with Crippen LogP contribution >= 0.6 is 0 Å². The average molecular weight is 224 g/mol. The number of benzene rings is 1. The third-order valence-electron chi connectivity index (χ3n) is 2.62. The van der Waals surface area contributed by atoms with Gasteiger partial charge in [0.05, 0.1) is 14.2 Å². The molecule has 0 aliphatic carbocycles. The Kier molecular flexibility index (Phi) is 4.62. The van der Waals surface area contributed by atoms with E-state index in [9.17, 15) is 0 Å². The van der Waals surface area contributed by atoms with Crippen molar-refractivity contribution in [1.29, 1.82) is 0 Å². The minimum absolute atomic E-state index is 0.125. The molecule has 0 aliphatic rings. The van der Waals surface area contributed by atoms with Crippen LogP contribution in [0, 0.1) is 0 Å². The number of aliphatic hydroxyl groups is 1. The quantitative estimate of drug-likeness (QED) is 0.834. The molecule has 0 atom stereocenters. The minimum atomic E-state index is 0.125. The molecular weight excluding hydrogens is 204 g/mol. The normalized spacial score (nSPS) is 10.6. The van der Waals surface area contributed by atoms with E-state index in [0.717, 1.165) is 22.6 Å². The molecule has 0 spiro atoms. The molecule has 0 saturated heterocycles. The fourth-order valence-electron chi connectivity index (χ4n) is 1.91. The molecule has 0 radical (unpaired) electrons. The van der Waals surface area contributed by atoms with Gasteiger partial charge in [-0.1, -0.05) is 19.9 Å². The smallest absolute Gasteiger partial charge is 0.129 e. The molecule has 16 heavy (non-hydrogen) atoms. The minimum Gasteiger partial charge on any atom is -0.496 e. The van der Waals surface area contributed by atoms with Gasteiger partial charge in [-0.3, -0.25) is 0 Å². The Hall–Kier alpha value is -1.22. The van der Waals surface area contributed by atoms with Gasteiger partial charge in [0.1, 0.15) is 11.5 Å². The Morgan fingerprint density at radius 3 is 2.31 bits per heavy atom. The monoisotopic (exact) mass is 224 g/mol. The summed E-state index contributed by atoms with van der Waals surface area (Å²) < 4.78 is 10.8. The van der Waals surface area contributed by atoms with Crippen molar-refractivity contribution in [2.24, 2.45) is 0 Å². The van der Waals surface area contributed by atoms with Crippen LogP contribution in [0.2, 0.25) is 0 Å². The summed E-state index contributed by atoms with van der Waals surface area (Å²) in [6.45, 7) is 4.33. The molecule has 0 saturated carbocycles. The van der Waals surface area contributed by atoms with Gasteiger partial charge in [-0.25, -0.2) is 0 Å². The number of hydrogen-bond acceptors (Lipinski definition) is 3. The first kappa shape index (κ1) is 12.8. The lowest BCUT2D eigenvalue weighted by Crippen LogP contribution is -2.03. The highest BCUT2D eigenvalue weighted by atomic mass is 16.5. The highest BCUT2D eigenvalue weighted by Crippen LogP contribution is 2.37. The second kappa shape index (κ2) is 5.75. The van der Waals surface area contributed by atoms with E-state index in [1.807, 2.05) is 12.1 Å². The average Bonchev–Trinajstić information content (AvgIpc) is 2.28. The molecule has 1 N–H and O–H groups in total. The van der Waals surface area contributed by atoms with Crippen LogP contribution in [0.1, 0.15) is 30.9 Å². The van der Waals surface area contributed by atoms with Crippen molar-refractivity contribution in [2.45, 2.75) is 26.2 Å². The molecule has 3 heteroatoms. The lowest BCUT2D eigenvalue weighted by atomic mass is 9.96. The molecule has 1 rings (SSSR count). The van der Waals surface area contributed by atoms with Crippen LogP contribution in [-0.4, -0.2) is 25.9 Å². The van der Waals surface area contributed by atoms with Crippen molar-refractivity contribution in [2.75, 3.05) is 20.8 Å². The summed E-state index contributed by atoms with van der Waals surface area (Å²) in [4.78, 5) is 0. The predicted molar refractivity (Wildman–Crippen MR) is 64.4 cm³/mol. The molecule has 1 aromatic rings. The largest absolute Gasteiger partial charge is 0.496 e. The van der Waals surface area contributed by atoms with Crippen molar-refractivity contribution in [3.8, 4) is 11.5 Å². The standard InChI is InChI=1S/C13H20O3/c1-9(2)12-11(15-3)6-5-10(7-8-14)13(12)16-4/h5-6,9,14H,7-8H2,1-4H3. The number of methoxy groups -OCH3 is 2. The maximum atomic E-state index is 9.01. The first-order valence-electron chi connectivity index (χ1n) is 5.50. The molecule has 0 bridgehead atoms. The highest BCUT2D eigenvalue weighted by Gasteiger charge is 2.17. The highest BCUT2D eigenvalue weighted by molar-refractivity contribution is 5.51. The number of hydrogen-bond donors (Lipinski definition) is 1. The summed E-state index contributed by atoms with van der Waals surface area (Å²) >= 11 is 0. The third-order valence-corrected chi connectivity index (χ3v) is 2.62. The summed E-state index contributed by atoms with van der Waals surface area (Å²) in [5.74, 6) is 2.00. The lowest BCUT2D eigenvalue weighted by Gasteiger charge is -2.19.